The van der Waals surface area contributed by atoms with E-state index in [0.717, 1.165) is 0 Å². The van der Waals surface area contributed by atoms with Crippen LogP contribution in [0.15, 0.2) is 0 Å². The second kappa shape index (κ2) is 9.78. The van der Waals surface area contributed by atoms with Crippen LogP contribution in [0.4, 0.5) is 0 Å². The Morgan fingerprint density at radius 3 is 1.83 bits per heavy atom. The van der Waals surface area contributed by atoms with Crippen molar-refractivity contribution in [1.29, 1.82) is 0 Å². The number of amides is 3. The third kappa shape index (κ3) is 7.59. The van der Waals surface area contributed by atoms with Crippen LogP contribution in [0.5, 0.6) is 0 Å². The molecule has 2 unspecified atom stereocenters. The summed E-state index contributed by atoms with van der Waals surface area (Å²) in [7, 11) is 0. The third-order valence-electron chi connectivity index (χ3n) is 3.13. The molecule has 0 bridgehead atoms. The van der Waals surface area contributed by atoms with Gasteiger partial charge in [-0.15, -0.1) is 0 Å². The lowest BCUT2D eigenvalue weighted by Crippen LogP contribution is -2.56. The van der Waals surface area contributed by atoms with Crippen molar-refractivity contribution in [3.8, 4) is 0 Å². The van der Waals surface area contributed by atoms with Gasteiger partial charge in [-0.05, 0) is 11.8 Å². The van der Waals surface area contributed by atoms with Crippen molar-refractivity contribution in [2.45, 2.75) is 39.8 Å². The first-order valence-corrected chi connectivity index (χ1v) is 7.39. The molecule has 9 nitrogen and oxygen atoms in total. The molecule has 0 radical (unpaired) electrons. The van der Waals surface area contributed by atoms with Gasteiger partial charge in [0.05, 0.1) is 13.1 Å². The molecule has 2 atom stereocenters. The number of carboxylic acid groups (broad SMARTS) is 1. The van der Waals surface area contributed by atoms with E-state index in [1.54, 1.807) is 27.7 Å². The Kier molecular flexibility index (Phi) is 8.86. The molecule has 0 rings (SSSR count). The number of carbonyl (C=O) groups excluding carboxylic acids is 3. The fraction of sp³-hybridized carbons (Fsp3) is 0.714. The summed E-state index contributed by atoms with van der Waals surface area (Å²) in [5.41, 5.74) is 5.10. The van der Waals surface area contributed by atoms with E-state index in [9.17, 15) is 19.2 Å². The molecule has 0 saturated carbocycles. The van der Waals surface area contributed by atoms with Crippen LogP contribution in [0, 0.1) is 11.8 Å². The minimum absolute atomic E-state index is 0.240. The summed E-state index contributed by atoms with van der Waals surface area (Å²) >= 11 is 0. The molecule has 0 aromatic carbocycles. The Morgan fingerprint density at radius 1 is 0.913 bits per heavy atom. The highest BCUT2D eigenvalue weighted by Crippen LogP contribution is 2.06. The number of hydrogen-bond acceptors (Lipinski definition) is 5. The fourth-order valence-electron chi connectivity index (χ4n) is 1.77. The molecule has 9 heteroatoms. The summed E-state index contributed by atoms with van der Waals surface area (Å²) in [4.78, 5) is 46.2. The van der Waals surface area contributed by atoms with E-state index in [-0.39, 0.29) is 24.9 Å². The van der Waals surface area contributed by atoms with E-state index in [4.69, 9.17) is 10.8 Å². The smallest absolute Gasteiger partial charge is 0.326 e. The molecule has 0 aliphatic rings. The van der Waals surface area contributed by atoms with Gasteiger partial charge in [-0.2, -0.15) is 0 Å². The maximum atomic E-state index is 12.2. The Balaban J connectivity index is 4.78. The van der Waals surface area contributed by atoms with Gasteiger partial charge in [0.25, 0.3) is 0 Å². The van der Waals surface area contributed by atoms with Crippen LogP contribution in [-0.4, -0.2) is 54.0 Å². The third-order valence-corrected chi connectivity index (χ3v) is 3.13. The molecule has 132 valence electrons. The summed E-state index contributed by atoms with van der Waals surface area (Å²) in [6.45, 7) is 6.23. The van der Waals surface area contributed by atoms with Crippen LogP contribution in [0.25, 0.3) is 0 Å². The summed E-state index contributed by atoms with van der Waals surface area (Å²) in [6.07, 6.45) is 0. The van der Waals surface area contributed by atoms with E-state index in [0.29, 0.717) is 0 Å². The minimum atomic E-state index is -1.14. The van der Waals surface area contributed by atoms with Crippen molar-refractivity contribution in [1.82, 2.24) is 16.0 Å². The number of rotatable bonds is 9. The molecule has 0 aliphatic heterocycles. The Bertz CT molecular complexity index is 450. The van der Waals surface area contributed by atoms with E-state index in [1.165, 1.54) is 0 Å². The number of nitrogens with two attached hydrogens (primary N) is 1. The zero-order chi connectivity index (χ0) is 18.2. The second-order valence-electron chi connectivity index (χ2n) is 5.84. The zero-order valence-corrected chi connectivity index (χ0v) is 13.9. The highest BCUT2D eigenvalue weighted by molar-refractivity contribution is 5.92. The van der Waals surface area contributed by atoms with Crippen molar-refractivity contribution < 1.29 is 24.3 Å². The van der Waals surface area contributed by atoms with Crippen LogP contribution in [-0.2, 0) is 19.2 Å². The molecular formula is C14H26N4O5. The van der Waals surface area contributed by atoms with Crippen LogP contribution < -0.4 is 21.7 Å². The minimum Gasteiger partial charge on any atom is -0.480 e. The Hall–Kier alpha value is -2.16. The quantitative estimate of drug-likeness (QED) is 0.344. The molecule has 0 heterocycles. The van der Waals surface area contributed by atoms with Crippen molar-refractivity contribution in [3.05, 3.63) is 0 Å². The van der Waals surface area contributed by atoms with Crippen molar-refractivity contribution in [2.24, 2.45) is 17.6 Å². The second-order valence-corrected chi connectivity index (χ2v) is 5.84. The average molecular weight is 330 g/mol. The first-order valence-electron chi connectivity index (χ1n) is 7.39. The van der Waals surface area contributed by atoms with E-state index >= 15 is 0 Å². The van der Waals surface area contributed by atoms with Crippen LogP contribution in [0.2, 0.25) is 0 Å². The van der Waals surface area contributed by atoms with Crippen LogP contribution in [0.1, 0.15) is 27.7 Å². The van der Waals surface area contributed by atoms with Crippen LogP contribution >= 0.6 is 0 Å². The Morgan fingerprint density at radius 2 is 1.43 bits per heavy atom. The molecule has 0 spiro atoms. The number of nitrogens with one attached hydrogen (secondary N) is 3. The van der Waals surface area contributed by atoms with Crippen molar-refractivity contribution in [3.63, 3.8) is 0 Å². The molecule has 0 aromatic heterocycles. The first-order chi connectivity index (χ1) is 10.6. The highest BCUT2D eigenvalue weighted by Gasteiger charge is 2.30. The van der Waals surface area contributed by atoms with Gasteiger partial charge in [0.15, 0.2) is 0 Å². The van der Waals surface area contributed by atoms with Gasteiger partial charge in [0.1, 0.15) is 12.1 Å². The molecular weight excluding hydrogens is 304 g/mol. The number of hydrogen-bond donors (Lipinski definition) is 5. The lowest BCUT2D eigenvalue weighted by Gasteiger charge is -2.25. The van der Waals surface area contributed by atoms with Gasteiger partial charge in [-0.3, -0.25) is 14.4 Å². The molecule has 3 amide bonds. The predicted octanol–water partition coefficient (Wildman–Crippen LogP) is -1.57. The van der Waals surface area contributed by atoms with Crippen molar-refractivity contribution in [2.75, 3.05) is 13.1 Å². The van der Waals surface area contributed by atoms with Gasteiger partial charge in [-0.25, -0.2) is 4.79 Å². The Labute approximate surface area is 135 Å². The van der Waals surface area contributed by atoms with Gasteiger partial charge < -0.3 is 26.8 Å². The number of aliphatic carboxylic acids is 1. The predicted molar refractivity (Wildman–Crippen MR) is 83.2 cm³/mol. The van der Waals surface area contributed by atoms with Crippen LogP contribution in [0.3, 0.4) is 0 Å². The number of carbonyl (C=O) groups is 4. The largest absolute Gasteiger partial charge is 0.480 e. The molecule has 23 heavy (non-hydrogen) atoms. The maximum Gasteiger partial charge on any atom is 0.326 e. The lowest BCUT2D eigenvalue weighted by molar-refractivity contribution is -0.143. The zero-order valence-electron chi connectivity index (χ0n) is 13.9. The summed E-state index contributed by atoms with van der Waals surface area (Å²) < 4.78 is 0. The topological polar surface area (TPSA) is 151 Å². The fourth-order valence-corrected chi connectivity index (χ4v) is 1.77. The van der Waals surface area contributed by atoms with E-state index in [2.05, 4.69) is 16.0 Å². The lowest BCUT2D eigenvalue weighted by atomic mass is 10.0. The monoisotopic (exact) mass is 330 g/mol. The van der Waals surface area contributed by atoms with Gasteiger partial charge in [0.2, 0.25) is 17.7 Å². The van der Waals surface area contributed by atoms with Gasteiger partial charge in [0, 0.05) is 0 Å². The van der Waals surface area contributed by atoms with Crippen molar-refractivity contribution >= 4 is 23.7 Å². The maximum absolute atomic E-state index is 12.2. The average Bonchev–Trinajstić information content (AvgIpc) is 2.46. The first kappa shape index (κ1) is 20.8. The van der Waals surface area contributed by atoms with Gasteiger partial charge in [-0.1, -0.05) is 27.7 Å². The standard InChI is InChI=1S/C14H26N4O5/c1-7(2)11(17-10(20)6-16-9(19)5-15)13(21)18-12(8(3)4)14(22)23/h7-8,11-12H,5-6,15H2,1-4H3,(H,16,19)(H,17,20)(H,18,21)(H,22,23). The molecule has 0 saturated heterocycles. The normalized spacial score (nSPS) is 13.3. The van der Waals surface area contributed by atoms with E-state index < -0.39 is 35.8 Å². The van der Waals surface area contributed by atoms with E-state index in [1.807, 2.05) is 0 Å². The summed E-state index contributed by atoms with van der Waals surface area (Å²) in [6, 6.07) is -1.95. The molecule has 6 N–H and O–H groups in total. The highest BCUT2D eigenvalue weighted by atomic mass is 16.4. The molecule has 0 fully saturated rings. The molecule has 0 aromatic rings. The van der Waals surface area contributed by atoms with Gasteiger partial charge >= 0.3 is 5.97 Å². The molecule has 0 aliphatic carbocycles. The summed E-state index contributed by atoms with van der Waals surface area (Å²) in [5.74, 6) is -3.33. The summed E-state index contributed by atoms with van der Waals surface area (Å²) in [5, 5.41) is 16.3. The SMILES string of the molecule is CC(C)C(NC(=O)C(NC(=O)CNC(=O)CN)C(C)C)C(=O)O. The number of carboxylic acids is 1.